The highest BCUT2D eigenvalue weighted by atomic mass is 127. The topological polar surface area (TPSA) is 45.7 Å². The monoisotopic (exact) mass is 457 g/mol. The molecular weight excluding hydrogens is 425 g/mol. The number of nitrogens with one attached hydrogen (secondary N) is 2. The molecule has 3 rings (SSSR count). The summed E-state index contributed by atoms with van der Waals surface area (Å²) < 4.78 is 5.29. The Morgan fingerprint density at radius 2 is 2.04 bits per heavy atom. The third-order valence-corrected chi connectivity index (χ3v) is 5.51. The molecule has 1 aromatic rings. The SMILES string of the molecule is CCNC(=NCC1(CCOC)CCC1)NC1CC1c1ccccc1.I. The van der Waals surface area contributed by atoms with Crippen LogP contribution in [-0.2, 0) is 4.74 Å². The van der Waals surface area contributed by atoms with E-state index in [9.17, 15) is 0 Å². The van der Waals surface area contributed by atoms with Crippen molar-refractivity contribution in [1.82, 2.24) is 10.6 Å². The molecule has 2 unspecified atom stereocenters. The molecule has 0 amide bonds. The predicted octanol–water partition coefficient (Wildman–Crippen LogP) is 3.92. The van der Waals surface area contributed by atoms with Crippen molar-refractivity contribution < 1.29 is 4.74 Å². The third-order valence-electron chi connectivity index (χ3n) is 5.51. The third kappa shape index (κ3) is 5.58. The van der Waals surface area contributed by atoms with Crippen LogP contribution in [0.2, 0.25) is 0 Å². The largest absolute Gasteiger partial charge is 0.385 e. The summed E-state index contributed by atoms with van der Waals surface area (Å²) in [5.74, 6) is 1.60. The molecule has 2 N–H and O–H groups in total. The second kappa shape index (κ2) is 9.76. The molecule has 1 aromatic carbocycles. The Morgan fingerprint density at radius 1 is 1.28 bits per heavy atom. The molecule has 2 aliphatic carbocycles. The number of benzene rings is 1. The second-order valence-corrected chi connectivity index (χ2v) is 7.30. The minimum absolute atomic E-state index is 0. The van der Waals surface area contributed by atoms with Gasteiger partial charge in [0.15, 0.2) is 5.96 Å². The number of aliphatic imine (C=N–C) groups is 1. The molecule has 2 aliphatic rings. The standard InChI is InChI=1S/C20H31N3O.HI/c1-3-21-19(22-15-20(10-7-11-20)12-13-24-2)23-18-14-17(18)16-8-5-4-6-9-16;/h4-6,8-9,17-18H,3,7,10-15H2,1-2H3,(H2,21,22,23);1H. The Hall–Kier alpha value is -0.820. The Balaban J connectivity index is 0.00000225. The highest BCUT2D eigenvalue weighted by Crippen LogP contribution is 2.44. The van der Waals surface area contributed by atoms with E-state index in [1.807, 2.05) is 0 Å². The van der Waals surface area contributed by atoms with Crippen LogP contribution in [0.4, 0.5) is 0 Å². The Labute approximate surface area is 169 Å². The van der Waals surface area contributed by atoms with Gasteiger partial charge in [-0.15, -0.1) is 24.0 Å². The number of rotatable bonds is 8. The smallest absolute Gasteiger partial charge is 0.191 e. The van der Waals surface area contributed by atoms with Gasteiger partial charge in [0.05, 0.1) is 0 Å². The minimum atomic E-state index is 0. The molecule has 2 atom stereocenters. The number of halogens is 1. The molecule has 5 heteroatoms. The van der Waals surface area contributed by atoms with Gasteiger partial charge in [-0.25, -0.2) is 0 Å². The summed E-state index contributed by atoms with van der Waals surface area (Å²) in [7, 11) is 1.79. The fraction of sp³-hybridized carbons (Fsp3) is 0.650. The maximum absolute atomic E-state index is 5.29. The number of methoxy groups -OCH3 is 1. The maximum Gasteiger partial charge on any atom is 0.191 e. The van der Waals surface area contributed by atoms with E-state index in [-0.39, 0.29) is 24.0 Å². The summed E-state index contributed by atoms with van der Waals surface area (Å²) in [6.45, 7) is 4.79. The fourth-order valence-corrected chi connectivity index (χ4v) is 3.65. The van der Waals surface area contributed by atoms with Gasteiger partial charge >= 0.3 is 0 Å². The van der Waals surface area contributed by atoms with Gasteiger partial charge in [0.1, 0.15) is 0 Å². The van der Waals surface area contributed by atoms with Gasteiger partial charge in [-0.05, 0) is 43.6 Å². The van der Waals surface area contributed by atoms with Gasteiger partial charge in [-0.1, -0.05) is 36.8 Å². The van der Waals surface area contributed by atoms with Crippen molar-refractivity contribution in [2.75, 3.05) is 26.8 Å². The van der Waals surface area contributed by atoms with E-state index in [4.69, 9.17) is 9.73 Å². The van der Waals surface area contributed by atoms with E-state index >= 15 is 0 Å². The van der Waals surface area contributed by atoms with Crippen molar-refractivity contribution in [2.45, 2.75) is 51.0 Å². The summed E-state index contributed by atoms with van der Waals surface area (Å²) in [6, 6.07) is 11.3. The average Bonchev–Trinajstić information content (AvgIpc) is 3.34. The number of nitrogens with zero attached hydrogens (tertiary/aromatic N) is 1. The van der Waals surface area contributed by atoms with E-state index in [1.165, 1.54) is 31.2 Å². The van der Waals surface area contributed by atoms with E-state index in [0.29, 0.717) is 17.4 Å². The summed E-state index contributed by atoms with van der Waals surface area (Å²) in [6.07, 6.45) is 6.23. The van der Waals surface area contributed by atoms with Crippen LogP contribution >= 0.6 is 24.0 Å². The lowest BCUT2D eigenvalue weighted by Gasteiger charge is -2.40. The van der Waals surface area contributed by atoms with Crippen LogP contribution < -0.4 is 10.6 Å². The molecule has 0 spiro atoms. The molecule has 0 bridgehead atoms. The van der Waals surface area contributed by atoms with E-state index < -0.39 is 0 Å². The van der Waals surface area contributed by atoms with Gasteiger partial charge in [-0.2, -0.15) is 0 Å². The molecule has 140 valence electrons. The van der Waals surface area contributed by atoms with Gasteiger partial charge in [0.25, 0.3) is 0 Å². The van der Waals surface area contributed by atoms with Gasteiger partial charge in [-0.3, -0.25) is 4.99 Å². The number of hydrogen-bond acceptors (Lipinski definition) is 2. The highest BCUT2D eigenvalue weighted by molar-refractivity contribution is 14.0. The molecule has 0 saturated heterocycles. The quantitative estimate of drug-likeness (QED) is 0.354. The molecule has 2 saturated carbocycles. The molecular formula is C20H32IN3O. The second-order valence-electron chi connectivity index (χ2n) is 7.30. The number of ether oxygens (including phenoxy) is 1. The number of guanidine groups is 1. The van der Waals surface area contributed by atoms with Gasteiger partial charge in [0.2, 0.25) is 0 Å². The fourth-order valence-electron chi connectivity index (χ4n) is 3.65. The minimum Gasteiger partial charge on any atom is -0.385 e. The molecule has 0 aliphatic heterocycles. The van der Waals surface area contributed by atoms with Crippen LogP contribution in [0.1, 0.15) is 50.5 Å². The summed E-state index contributed by atoms with van der Waals surface area (Å²) in [5.41, 5.74) is 1.81. The normalized spacial score (nSPS) is 24.0. The number of hydrogen-bond donors (Lipinski definition) is 2. The average molecular weight is 457 g/mol. The first-order chi connectivity index (χ1) is 11.8. The van der Waals surface area contributed by atoms with Crippen molar-refractivity contribution >= 4 is 29.9 Å². The van der Waals surface area contributed by atoms with Crippen molar-refractivity contribution in [3.8, 4) is 0 Å². The van der Waals surface area contributed by atoms with Crippen molar-refractivity contribution in [2.24, 2.45) is 10.4 Å². The van der Waals surface area contributed by atoms with Crippen LogP contribution in [0, 0.1) is 5.41 Å². The Kier molecular flexibility index (Phi) is 8.00. The predicted molar refractivity (Wildman–Crippen MR) is 115 cm³/mol. The molecule has 0 aromatic heterocycles. The highest BCUT2D eigenvalue weighted by Gasteiger charge is 2.39. The molecule has 25 heavy (non-hydrogen) atoms. The van der Waals surface area contributed by atoms with Crippen LogP contribution in [0.3, 0.4) is 0 Å². The molecule has 2 fully saturated rings. The zero-order valence-electron chi connectivity index (χ0n) is 15.5. The lowest BCUT2D eigenvalue weighted by molar-refractivity contribution is 0.0778. The maximum atomic E-state index is 5.29. The first kappa shape index (κ1) is 20.5. The van der Waals surface area contributed by atoms with Crippen molar-refractivity contribution in [3.63, 3.8) is 0 Å². The van der Waals surface area contributed by atoms with Crippen LogP contribution in [-0.4, -0.2) is 38.8 Å². The van der Waals surface area contributed by atoms with Crippen LogP contribution in [0.15, 0.2) is 35.3 Å². The first-order valence-electron chi connectivity index (χ1n) is 9.35. The Bertz CT molecular complexity index is 545. The van der Waals surface area contributed by atoms with Crippen molar-refractivity contribution in [1.29, 1.82) is 0 Å². The van der Waals surface area contributed by atoms with E-state index in [1.54, 1.807) is 7.11 Å². The molecule has 0 radical (unpaired) electrons. The van der Waals surface area contributed by atoms with E-state index in [2.05, 4.69) is 47.9 Å². The lowest BCUT2D eigenvalue weighted by Crippen LogP contribution is -2.41. The summed E-state index contributed by atoms with van der Waals surface area (Å²) >= 11 is 0. The lowest BCUT2D eigenvalue weighted by atomic mass is 9.67. The van der Waals surface area contributed by atoms with Gasteiger partial charge in [0, 0.05) is 38.8 Å². The van der Waals surface area contributed by atoms with E-state index in [0.717, 1.165) is 32.1 Å². The molecule has 4 nitrogen and oxygen atoms in total. The van der Waals surface area contributed by atoms with Crippen LogP contribution in [0.5, 0.6) is 0 Å². The Morgan fingerprint density at radius 3 is 2.64 bits per heavy atom. The summed E-state index contributed by atoms with van der Waals surface area (Å²) in [4.78, 5) is 4.91. The van der Waals surface area contributed by atoms with Crippen LogP contribution in [0.25, 0.3) is 0 Å². The zero-order chi connectivity index (χ0) is 16.8. The zero-order valence-corrected chi connectivity index (χ0v) is 17.8. The van der Waals surface area contributed by atoms with Crippen molar-refractivity contribution in [3.05, 3.63) is 35.9 Å². The first-order valence-corrected chi connectivity index (χ1v) is 9.35. The molecule has 0 heterocycles. The van der Waals surface area contributed by atoms with Gasteiger partial charge < -0.3 is 15.4 Å². The summed E-state index contributed by atoms with van der Waals surface area (Å²) in [5, 5.41) is 7.04.